The second-order valence-electron chi connectivity index (χ2n) is 6.70. The van der Waals surface area contributed by atoms with E-state index in [0.29, 0.717) is 28.5 Å². The van der Waals surface area contributed by atoms with E-state index in [1.165, 1.54) is 11.3 Å². The lowest BCUT2D eigenvalue weighted by Gasteiger charge is -2.30. The van der Waals surface area contributed by atoms with Crippen molar-refractivity contribution in [2.75, 3.05) is 19.6 Å². The minimum absolute atomic E-state index is 0.0627. The first-order chi connectivity index (χ1) is 12.3. The van der Waals surface area contributed by atoms with Gasteiger partial charge in [-0.15, -0.1) is 11.3 Å². The Bertz CT molecular complexity index is 765. The van der Waals surface area contributed by atoms with Gasteiger partial charge < -0.3 is 10.6 Å². The number of amides is 2. The highest BCUT2D eigenvalue weighted by molar-refractivity contribution is 7.21. The van der Waals surface area contributed by atoms with Crippen molar-refractivity contribution in [1.82, 2.24) is 15.5 Å². The first-order valence-corrected chi connectivity index (χ1v) is 9.98. The van der Waals surface area contributed by atoms with E-state index in [9.17, 15) is 9.59 Å². The number of halogens is 1. The molecule has 0 unspecified atom stereocenters. The van der Waals surface area contributed by atoms with Gasteiger partial charge in [-0.1, -0.05) is 29.8 Å². The topological polar surface area (TPSA) is 61.4 Å². The number of fused-ring (bicyclic) bond motifs is 1. The second-order valence-corrected chi connectivity index (χ2v) is 8.13. The van der Waals surface area contributed by atoms with Gasteiger partial charge in [-0.05, 0) is 33.8 Å². The molecule has 0 aliphatic carbocycles. The Kier molecular flexibility index (Phi) is 7.43. The van der Waals surface area contributed by atoms with E-state index in [1.807, 2.05) is 24.3 Å². The molecule has 0 radical (unpaired) electrons. The zero-order valence-electron chi connectivity index (χ0n) is 15.6. The molecule has 0 aliphatic heterocycles. The van der Waals surface area contributed by atoms with Crippen LogP contribution in [0.15, 0.2) is 24.3 Å². The minimum atomic E-state index is -0.322. The van der Waals surface area contributed by atoms with Gasteiger partial charge in [-0.2, -0.15) is 0 Å². The Balaban J connectivity index is 1.83. The van der Waals surface area contributed by atoms with Crippen molar-refractivity contribution in [1.29, 1.82) is 0 Å². The highest BCUT2D eigenvalue weighted by Gasteiger charge is 2.18. The van der Waals surface area contributed by atoms with Crippen LogP contribution in [0.2, 0.25) is 5.02 Å². The van der Waals surface area contributed by atoms with Crippen molar-refractivity contribution in [3.63, 3.8) is 0 Å². The van der Waals surface area contributed by atoms with Crippen molar-refractivity contribution in [2.45, 2.75) is 39.8 Å². The summed E-state index contributed by atoms with van der Waals surface area (Å²) in [5, 5.41) is 6.79. The van der Waals surface area contributed by atoms with E-state index in [-0.39, 0.29) is 18.4 Å². The van der Waals surface area contributed by atoms with Crippen LogP contribution >= 0.6 is 22.9 Å². The van der Waals surface area contributed by atoms with Crippen LogP contribution in [0, 0.1) is 0 Å². The van der Waals surface area contributed by atoms with Gasteiger partial charge in [0.05, 0.1) is 11.6 Å². The Hall–Kier alpha value is -1.63. The van der Waals surface area contributed by atoms with E-state index in [1.54, 1.807) is 0 Å². The number of carbonyl (C=O) groups is 2. The molecule has 26 heavy (non-hydrogen) atoms. The van der Waals surface area contributed by atoms with Crippen molar-refractivity contribution >= 4 is 44.8 Å². The molecule has 7 heteroatoms. The average molecular weight is 396 g/mol. The summed E-state index contributed by atoms with van der Waals surface area (Å²) in [5.74, 6) is -0.527. The molecule has 0 saturated carbocycles. The third-order valence-electron chi connectivity index (χ3n) is 4.17. The van der Waals surface area contributed by atoms with Gasteiger partial charge in [0.2, 0.25) is 5.91 Å². The Morgan fingerprint density at radius 1 is 1.12 bits per heavy atom. The predicted molar refractivity (Wildman–Crippen MR) is 109 cm³/mol. The van der Waals surface area contributed by atoms with Gasteiger partial charge in [0.15, 0.2) is 0 Å². The number of nitrogens with one attached hydrogen (secondary N) is 2. The summed E-state index contributed by atoms with van der Waals surface area (Å²) in [4.78, 5) is 27.0. The fourth-order valence-electron chi connectivity index (χ4n) is 2.90. The fourth-order valence-corrected chi connectivity index (χ4v) is 4.33. The molecule has 0 fully saturated rings. The molecule has 1 aromatic heterocycles. The summed E-state index contributed by atoms with van der Waals surface area (Å²) in [5.41, 5.74) is 0. The second kappa shape index (κ2) is 9.35. The quantitative estimate of drug-likeness (QED) is 0.718. The monoisotopic (exact) mass is 395 g/mol. The summed E-state index contributed by atoms with van der Waals surface area (Å²) in [6.45, 7) is 9.81. The number of thiophene rings is 1. The number of hydrogen-bond acceptors (Lipinski definition) is 4. The molecule has 0 aliphatic rings. The summed E-state index contributed by atoms with van der Waals surface area (Å²) >= 11 is 7.62. The predicted octanol–water partition coefficient (Wildman–Crippen LogP) is 3.52. The van der Waals surface area contributed by atoms with Crippen LogP contribution < -0.4 is 10.6 Å². The summed E-state index contributed by atoms with van der Waals surface area (Å²) < 4.78 is 0.953. The van der Waals surface area contributed by atoms with Crippen LogP contribution in [0.1, 0.15) is 37.4 Å². The molecule has 1 heterocycles. The highest BCUT2D eigenvalue weighted by Crippen LogP contribution is 2.34. The van der Waals surface area contributed by atoms with E-state index in [0.717, 1.165) is 16.6 Å². The van der Waals surface area contributed by atoms with Gasteiger partial charge in [0.1, 0.15) is 4.88 Å². The summed E-state index contributed by atoms with van der Waals surface area (Å²) in [6, 6.07) is 8.43. The minimum Gasteiger partial charge on any atom is -0.353 e. The molecule has 1 aromatic carbocycles. The Morgan fingerprint density at radius 3 is 2.38 bits per heavy atom. The van der Waals surface area contributed by atoms with Gasteiger partial charge in [-0.3, -0.25) is 14.5 Å². The van der Waals surface area contributed by atoms with Crippen molar-refractivity contribution in [3.8, 4) is 0 Å². The molecule has 0 saturated heterocycles. The van der Waals surface area contributed by atoms with Crippen LogP contribution in [0.25, 0.3) is 10.1 Å². The highest BCUT2D eigenvalue weighted by atomic mass is 35.5. The fraction of sp³-hybridized carbons (Fsp3) is 0.474. The number of benzene rings is 1. The van der Waals surface area contributed by atoms with Crippen molar-refractivity contribution < 1.29 is 9.59 Å². The summed E-state index contributed by atoms with van der Waals surface area (Å²) in [6.07, 6.45) is 0. The SMILES string of the molecule is CC(C)N(CCNC(=O)CNC(=O)c1sc2ccccc2c1Cl)C(C)C. The van der Waals surface area contributed by atoms with Crippen LogP contribution in [-0.2, 0) is 4.79 Å². The molecule has 2 amide bonds. The molecule has 0 bridgehead atoms. The van der Waals surface area contributed by atoms with Gasteiger partial charge in [0.25, 0.3) is 5.91 Å². The van der Waals surface area contributed by atoms with Gasteiger partial charge in [-0.25, -0.2) is 0 Å². The van der Waals surface area contributed by atoms with Gasteiger partial charge >= 0.3 is 0 Å². The van der Waals surface area contributed by atoms with Crippen molar-refractivity contribution in [2.24, 2.45) is 0 Å². The maximum atomic E-state index is 12.3. The lowest BCUT2D eigenvalue weighted by atomic mass is 10.2. The standard InChI is InChI=1S/C19H26ClN3O2S/c1-12(2)23(13(3)4)10-9-21-16(24)11-22-19(25)18-17(20)14-7-5-6-8-15(14)26-18/h5-8,12-13H,9-11H2,1-4H3,(H,21,24)(H,22,25). The van der Waals surface area contributed by atoms with Crippen LogP contribution in [-0.4, -0.2) is 48.4 Å². The molecule has 2 N–H and O–H groups in total. The van der Waals surface area contributed by atoms with Crippen LogP contribution in [0.3, 0.4) is 0 Å². The average Bonchev–Trinajstić information content (AvgIpc) is 2.93. The zero-order valence-corrected chi connectivity index (χ0v) is 17.2. The number of nitrogens with zero attached hydrogens (tertiary/aromatic N) is 1. The number of rotatable bonds is 8. The summed E-state index contributed by atoms with van der Waals surface area (Å²) in [7, 11) is 0. The lowest BCUT2D eigenvalue weighted by Crippen LogP contribution is -2.44. The molecule has 142 valence electrons. The van der Waals surface area contributed by atoms with Crippen LogP contribution in [0.5, 0.6) is 0 Å². The smallest absolute Gasteiger partial charge is 0.263 e. The van der Waals surface area contributed by atoms with E-state index in [4.69, 9.17) is 11.6 Å². The third kappa shape index (κ3) is 5.19. The third-order valence-corrected chi connectivity index (χ3v) is 5.84. The molecule has 0 atom stereocenters. The van der Waals surface area contributed by atoms with E-state index in [2.05, 4.69) is 43.2 Å². The molecule has 5 nitrogen and oxygen atoms in total. The molecule has 0 spiro atoms. The number of carbonyl (C=O) groups excluding carboxylic acids is 2. The van der Waals surface area contributed by atoms with E-state index < -0.39 is 0 Å². The first kappa shape index (κ1) is 20.7. The molecule has 2 aromatic rings. The normalized spacial score (nSPS) is 11.5. The number of hydrogen-bond donors (Lipinski definition) is 2. The maximum absolute atomic E-state index is 12.3. The molecule has 2 rings (SSSR count). The Morgan fingerprint density at radius 2 is 1.77 bits per heavy atom. The van der Waals surface area contributed by atoms with Crippen molar-refractivity contribution in [3.05, 3.63) is 34.2 Å². The zero-order chi connectivity index (χ0) is 19.3. The Labute approximate surface area is 163 Å². The maximum Gasteiger partial charge on any atom is 0.263 e. The van der Waals surface area contributed by atoms with Crippen LogP contribution in [0.4, 0.5) is 0 Å². The van der Waals surface area contributed by atoms with Gasteiger partial charge in [0, 0.05) is 35.3 Å². The largest absolute Gasteiger partial charge is 0.353 e. The molecular formula is C19H26ClN3O2S. The lowest BCUT2D eigenvalue weighted by molar-refractivity contribution is -0.120. The molecular weight excluding hydrogens is 370 g/mol. The van der Waals surface area contributed by atoms with E-state index >= 15 is 0 Å². The first-order valence-electron chi connectivity index (χ1n) is 8.79.